The zero-order valence-electron chi connectivity index (χ0n) is 4.97. The molecule has 0 saturated carbocycles. The molecule has 0 atom stereocenters. The Labute approximate surface area is 55.8 Å². The molecule has 0 fully saturated rings. The lowest BCUT2D eigenvalue weighted by atomic mass is 10.7. The van der Waals surface area contributed by atoms with Gasteiger partial charge < -0.3 is 16.1 Å². The minimum Gasteiger partial charge on any atom is -0.425 e. The van der Waals surface area contributed by atoms with Crippen LogP contribution >= 0.6 is 0 Å². The van der Waals surface area contributed by atoms with Gasteiger partial charge in [0.15, 0.2) is 5.82 Å². The van der Waals surface area contributed by atoms with Gasteiger partial charge in [0.05, 0.1) is 12.4 Å². The van der Waals surface area contributed by atoms with E-state index in [2.05, 4.69) is 10.1 Å². The van der Waals surface area contributed by atoms with E-state index in [0.717, 1.165) is 6.20 Å². The first-order valence-electron chi connectivity index (χ1n) is 2.45. The normalized spacial score (nSPS) is 11.8. The molecule has 6 nitrogen and oxygen atoms in total. The van der Waals surface area contributed by atoms with Crippen molar-refractivity contribution in [1.82, 2.24) is 9.71 Å². The lowest BCUT2D eigenvalue weighted by Crippen LogP contribution is -2.21. The summed E-state index contributed by atoms with van der Waals surface area (Å²) in [6.07, 6.45) is 2.39. The molecule has 0 aliphatic carbocycles. The number of rotatable bonds is 0. The van der Waals surface area contributed by atoms with Gasteiger partial charge in [0.2, 0.25) is 5.49 Å². The second-order valence-electron chi connectivity index (χ2n) is 1.60. The summed E-state index contributed by atoms with van der Waals surface area (Å²) in [6, 6.07) is 0. The van der Waals surface area contributed by atoms with E-state index in [9.17, 15) is 0 Å². The van der Waals surface area contributed by atoms with Gasteiger partial charge in [0, 0.05) is 0 Å². The van der Waals surface area contributed by atoms with Crippen LogP contribution < -0.4 is 11.2 Å². The van der Waals surface area contributed by atoms with Crippen LogP contribution in [0.5, 0.6) is 0 Å². The van der Waals surface area contributed by atoms with E-state index in [-0.39, 0.29) is 11.3 Å². The third-order valence-electron chi connectivity index (χ3n) is 0.961. The second kappa shape index (κ2) is 2.26. The largest absolute Gasteiger partial charge is 0.425 e. The fraction of sp³-hybridized carbons (Fsp3) is 0. The predicted molar refractivity (Wildman–Crippen MR) is 31.2 cm³/mol. The SMILES string of the molecule is Nc1cncc(=NO)n1O. The highest BCUT2D eigenvalue weighted by Gasteiger charge is 1.93. The molecule has 0 aliphatic rings. The summed E-state index contributed by atoms with van der Waals surface area (Å²) in [4.78, 5) is 3.56. The Kier molecular flexibility index (Phi) is 1.44. The number of hydrogen-bond acceptors (Lipinski definition) is 5. The van der Waals surface area contributed by atoms with E-state index in [1.54, 1.807) is 0 Å². The molecule has 0 saturated heterocycles. The van der Waals surface area contributed by atoms with Crippen LogP contribution in [-0.2, 0) is 0 Å². The maximum Gasteiger partial charge on any atom is 0.226 e. The standard InChI is InChI=1S/C4H6N4O2/c5-3-1-6-2-4(7-9)8(3)10/h1-2,9-10H,5H2. The molecule has 0 radical (unpaired) electrons. The number of aromatic nitrogens is 2. The van der Waals surface area contributed by atoms with Crippen LogP contribution in [0.3, 0.4) is 0 Å². The number of nitrogens with zero attached hydrogens (tertiary/aromatic N) is 3. The van der Waals surface area contributed by atoms with E-state index in [0.29, 0.717) is 4.73 Å². The summed E-state index contributed by atoms with van der Waals surface area (Å²) < 4.78 is 0.521. The van der Waals surface area contributed by atoms with Crippen molar-refractivity contribution in [1.29, 1.82) is 0 Å². The Morgan fingerprint density at radius 2 is 2.30 bits per heavy atom. The topological polar surface area (TPSA) is 96.7 Å². The van der Waals surface area contributed by atoms with E-state index in [1.807, 2.05) is 0 Å². The van der Waals surface area contributed by atoms with Gasteiger partial charge in [-0.15, -0.1) is 4.73 Å². The van der Waals surface area contributed by atoms with Gasteiger partial charge in [-0.1, -0.05) is 5.16 Å². The minimum absolute atomic E-state index is 0.00954. The van der Waals surface area contributed by atoms with Gasteiger partial charge in [-0.2, -0.15) is 0 Å². The highest BCUT2D eigenvalue weighted by atomic mass is 16.5. The molecular formula is C4H6N4O2. The molecule has 0 bridgehead atoms. The predicted octanol–water partition coefficient (Wildman–Crippen LogP) is -1.01. The van der Waals surface area contributed by atoms with Crippen molar-refractivity contribution >= 4 is 5.82 Å². The van der Waals surface area contributed by atoms with Gasteiger partial charge in [0.1, 0.15) is 0 Å². The van der Waals surface area contributed by atoms with Gasteiger partial charge in [-0.25, -0.2) is 0 Å². The maximum atomic E-state index is 8.90. The van der Waals surface area contributed by atoms with Crippen molar-refractivity contribution in [3.8, 4) is 0 Å². The molecule has 0 spiro atoms. The van der Waals surface area contributed by atoms with Crippen molar-refractivity contribution in [2.75, 3.05) is 5.73 Å². The maximum absolute atomic E-state index is 8.90. The van der Waals surface area contributed by atoms with Gasteiger partial charge in [0.25, 0.3) is 0 Å². The second-order valence-corrected chi connectivity index (χ2v) is 1.60. The lowest BCUT2D eigenvalue weighted by Gasteiger charge is -1.98. The van der Waals surface area contributed by atoms with Crippen molar-refractivity contribution in [2.45, 2.75) is 0 Å². The van der Waals surface area contributed by atoms with Crippen LogP contribution in [0.4, 0.5) is 5.82 Å². The average Bonchev–Trinajstić information content (AvgIpc) is 1.95. The van der Waals surface area contributed by atoms with Crippen LogP contribution in [0.2, 0.25) is 0 Å². The lowest BCUT2D eigenvalue weighted by molar-refractivity contribution is 0.163. The molecule has 0 aromatic carbocycles. The average molecular weight is 142 g/mol. The molecule has 0 amide bonds. The van der Waals surface area contributed by atoms with Crippen LogP contribution in [0, 0.1) is 0 Å². The molecule has 1 aromatic rings. The summed E-state index contributed by atoms with van der Waals surface area (Å²) in [6.45, 7) is 0. The molecule has 10 heavy (non-hydrogen) atoms. The number of hydrogen-bond donors (Lipinski definition) is 3. The van der Waals surface area contributed by atoms with Gasteiger partial charge >= 0.3 is 0 Å². The molecule has 1 rings (SSSR count). The van der Waals surface area contributed by atoms with Crippen molar-refractivity contribution in [3.05, 3.63) is 17.9 Å². The molecular weight excluding hydrogens is 136 g/mol. The molecule has 54 valence electrons. The van der Waals surface area contributed by atoms with Gasteiger partial charge in [-0.3, -0.25) is 4.98 Å². The van der Waals surface area contributed by atoms with E-state index in [4.69, 9.17) is 16.1 Å². The number of nitrogen functional groups attached to an aromatic ring is 1. The number of anilines is 1. The number of nitrogens with two attached hydrogens (primary N) is 1. The Morgan fingerprint density at radius 3 is 2.80 bits per heavy atom. The van der Waals surface area contributed by atoms with Crippen molar-refractivity contribution in [2.24, 2.45) is 5.16 Å². The van der Waals surface area contributed by atoms with E-state index in [1.165, 1.54) is 6.20 Å². The zero-order valence-corrected chi connectivity index (χ0v) is 4.97. The van der Waals surface area contributed by atoms with Gasteiger partial charge in [-0.05, 0) is 0 Å². The minimum atomic E-state index is -0.111. The molecule has 0 unspecified atom stereocenters. The third kappa shape index (κ3) is 0.859. The highest BCUT2D eigenvalue weighted by molar-refractivity contribution is 5.21. The summed E-state index contributed by atoms with van der Waals surface area (Å²) >= 11 is 0. The zero-order chi connectivity index (χ0) is 7.56. The van der Waals surface area contributed by atoms with E-state index < -0.39 is 0 Å². The Bertz CT molecular complexity index is 292. The quantitative estimate of drug-likeness (QED) is 0.245. The molecule has 0 aliphatic heterocycles. The van der Waals surface area contributed by atoms with Crippen LogP contribution in [0.15, 0.2) is 17.5 Å². The molecule has 4 N–H and O–H groups in total. The summed E-state index contributed by atoms with van der Waals surface area (Å²) in [5, 5.41) is 19.8. The van der Waals surface area contributed by atoms with Crippen LogP contribution in [0.1, 0.15) is 0 Å². The first-order valence-corrected chi connectivity index (χ1v) is 2.45. The fourth-order valence-electron chi connectivity index (χ4n) is 0.490. The molecule has 6 heteroatoms. The first-order chi connectivity index (χ1) is 4.75. The van der Waals surface area contributed by atoms with Crippen LogP contribution in [-0.4, -0.2) is 20.1 Å². The van der Waals surface area contributed by atoms with Crippen molar-refractivity contribution < 1.29 is 10.4 Å². The smallest absolute Gasteiger partial charge is 0.226 e. The molecule has 1 aromatic heterocycles. The molecule has 1 heterocycles. The fourth-order valence-corrected chi connectivity index (χ4v) is 0.490. The highest BCUT2D eigenvalue weighted by Crippen LogP contribution is 1.87. The van der Waals surface area contributed by atoms with Crippen LogP contribution in [0.25, 0.3) is 0 Å². The summed E-state index contributed by atoms with van der Waals surface area (Å²) in [5.41, 5.74) is 5.06. The monoisotopic (exact) mass is 142 g/mol. The Morgan fingerprint density at radius 1 is 1.60 bits per heavy atom. The Hall–Kier alpha value is -1.72. The first kappa shape index (κ1) is 6.40. The van der Waals surface area contributed by atoms with E-state index >= 15 is 0 Å². The van der Waals surface area contributed by atoms with Crippen molar-refractivity contribution in [3.63, 3.8) is 0 Å². The Balaban J connectivity index is 3.43. The third-order valence-corrected chi connectivity index (χ3v) is 0.961. The summed E-state index contributed by atoms with van der Waals surface area (Å²) in [5.74, 6) is 0.00954. The summed E-state index contributed by atoms with van der Waals surface area (Å²) in [7, 11) is 0.